The summed E-state index contributed by atoms with van der Waals surface area (Å²) < 4.78 is 5.58. The van der Waals surface area contributed by atoms with Crippen LogP contribution in [0.4, 0.5) is 4.79 Å². The fourth-order valence-electron chi connectivity index (χ4n) is 3.88. The summed E-state index contributed by atoms with van der Waals surface area (Å²) in [5.74, 6) is 0.128. The smallest absolute Gasteiger partial charge is 0.407 e. The number of carbonyl (C=O) groups excluding carboxylic acids is 1. The molecular formula is C21H22NO2. The van der Waals surface area contributed by atoms with Crippen LogP contribution in [0.1, 0.15) is 42.7 Å². The van der Waals surface area contributed by atoms with E-state index in [1.54, 1.807) is 0 Å². The minimum absolute atomic E-state index is 0.128. The van der Waals surface area contributed by atoms with E-state index >= 15 is 0 Å². The second-order valence-electron chi connectivity index (χ2n) is 6.61. The van der Waals surface area contributed by atoms with Crippen molar-refractivity contribution in [2.24, 2.45) is 0 Å². The molecule has 0 unspecified atom stereocenters. The molecule has 0 spiro atoms. The summed E-state index contributed by atoms with van der Waals surface area (Å²) in [4.78, 5) is 12.1. The Bertz CT molecular complexity index is 689. The van der Waals surface area contributed by atoms with Gasteiger partial charge in [-0.25, -0.2) is 4.79 Å². The second kappa shape index (κ2) is 6.68. The van der Waals surface area contributed by atoms with Crippen molar-refractivity contribution in [3.63, 3.8) is 0 Å². The first kappa shape index (κ1) is 15.3. The minimum Gasteiger partial charge on any atom is -0.449 e. The van der Waals surface area contributed by atoms with Crippen molar-refractivity contribution in [1.82, 2.24) is 5.32 Å². The summed E-state index contributed by atoms with van der Waals surface area (Å²) in [6, 6.07) is 17.0. The Balaban J connectivity index is 1.45. The van der Waals surface area contributed by atoms with Crippen LogP contribution < -0.4 is 5.32 Å². The van der Waals surface area contributed by atoms with Crippen LogP contribution in [-0.4, -0.2) is 18.7 Å². The highest BCUT2D eigenvalue weighted by atomic mass is 16.5. The summed E-state index contributed by atoms with van der Waals surface area (Å²) in [7, 11) is 0. The average Bonchev–Trinajstić information content (AvgIpc) is 2.95. The molecule has 2 aromatic carbocycles. The van der Waals surface area contributed by atoms with Crippen molar-refractivity contribution in [3.05, 3.63) is 66.1 Å². The Hall–Kier alpha value is -2.29. The van der Waals surface area contributed by atoms with E-state index in [0.717, 1.165) is 25.7 Å². The lowest BCUT2D eigenvalue weighted by Gasteiger charge is -2.23. The summed E-state index contributed by atoms with van der Waals surface area (Å²) in [6.07, 6.45) is 6.19. The molecule has 0 heterocycles. The first-order chi connectivity index (χ1) is 11.8. The Morgan fingerprint density at radius 3 is 2.17 bits per heavy atom. The topological polar surface area (TPSA) is 38.3 Å². The minimum atomic E-state index is -0.288. The van der Waals surface area contributed by atoms with Crippen molar-refractivity contribution in [3.8, 4) is 11.1 Å². The Morgan fingerprint density at radius 2 is 1.54 bits per heavy atom. The van der Waals surface area contributed by atoms with Crippen LogP contribution in [0.2, 0.25) is 0 Å². The molecule has 4 rings (SSSR count). The number of hydrogen-bond acceptors (Lipinski definition) is 2. The molecule has 1 radical (unpaired) electrons. The van der Waals surface area contributed by atoms with Gasteiger partial charge >= 0.3 is 6.09 Å². The van der Waals surface area contributed by atoms with E-state index in [1.807, 2.05) is 0 Å². The number of rotatable bonds is 3. The Labute approximate surface area is 143 Å². The van der Waals surface area contributed by atoms with Crippen LogP contribution in [0.25, 0.3) is 11.1 Å². The lowest BCUT2D eigenvalue weighted by atomic mass is 9.96. The number of carbonyl (C=O) groups is 1. The molecule has 1 saturated carbocycles. The van der Waals surface area contributed by atoms with Crippen molar-refractivity contribution < 1.29 is 9.53 Å². The molecule has 3 nitrogen and oxygen atoms in total. The quantitative estimate of drug-likeness (QED) is 0.892. The highest BCUT2D eigenvalue weighted by Gasteiger charge is 2.29. The number of ether oxygens (including phenoxy) is 1. The van der Waals surface area contributed by atoms with Gasteiger partial charge in [0.1, 0.15) is 6.61 Å². The summed E-state index contributed by atoms with van der Waals surface area (Å²) in [6.45, 7) is 0.388. The summed E-state index contributed by atoms with van der Waals surface area (Å²) in [5.41, 5.74) is 5.01. The SMILES string of the molecule is O=C(NC1CC[CH]CC1)OCC1c2ccccc2-c2ccccc21. The third-order valence-corrected chi connectivity index (χ3v) is 5.10. The Kier molecular flexibility index (Phi) is 4.24. The lowest BCUT2D eigenvalue weighted by Crippen LogP contribution is -2.37. The molecule has 0 atom stereocenters. The van der Waals surface area contributed by atoms with E-state index in [9.17, 15) is 4.79 Å². The lowest BCUT2D eigenvalue weighted by molar-refractivity contribution is 0.137. The van der Waals surface area contributed by atoms with Gasteiger partial charge in [-0.3, -0.25) is 0 Å². The molecule has 3 heteroatoms. The van der Waals surface area contributed by atoms with Crippen LogP contribution in [0.3, 0.4) is 0 Å². The highest BCUT2D eigenvalue weighted by molar-refractivity contribution is 5.79. The van der Waals surface area contributed by atoms with Gasteiger partial charge in [0.2, 0.25) is 0 Å². The molecule has 2 aromatic rings. The van der Waals surface area contributed by atoms with E-state index in [2.05, 4.69) is 60.3 Å². The summed E-state index contributed by atoms with van der Waals surface area (Å²) >= 11 is 0. The van der Waals surface area contributed by atoms with E-state index in [0.29, 0.717) is 6.61 Å². The zero-order valence-electron chi connectivity index (χ0n) is 13.7. The molecular weight excluding hydrogens is 298 g/mol. The van der Waals surface area contributed by atoms with E-state index in [4.69, 9.17) is 4.74 Å². The van der Waals surface area contributed by atoms with Gasteiger partial charge in [0, 0.05) is 12.0 Å². The molecule has 1 fully saturated rings. The highest BCUT2D eigenvalue weighted by Crippen LogP contribution is 2.44. The molecule has 0 saturated heterocycles. The molecule has 0 aliphatic heterocycles. The van der Waals surface area contributed by atoms with Crippen molar-refractivity contribution in [1.29, 1.82) is 0 Å². The zero-order chi connectivity index (χ0) is 16.4. The molecule has 123 valence electrons. The predicted molar refractivity (Wildman–Crippen MR) is 94.8 cm³/mol. The van der Waals surface area contributed by atoms with Crippen molar-refractivity contribution >= 4 is 6.09 Å². The first-order valence-corrected chi connectivity index (χ1v) is 8.76. The maximum atomic E-state index is 12.1. The predicted octanol–water partition coefficient (Wildman–Crippen LogP) is 4.67. The van der Waals surface area contributed by atoms with Crippen LogP contribution in [-0.2, 0) is 4.74 Å². The van der Waals surface area contributed by atoms with Gasteiger partial charge in [-0.1, -0.05) is 48.5 Å². The average molecular weight is 320 g/mol. The molecule has 0 aromatic heterocycles. The van der Waals surface area contributed by atoms with Gasteiger partial charge in [-0.2, -0.15) is 0 Å². The number of nitrogens with one attached hydrogen (secondary N) is 1. The van der Waals surface area contributed by atoms with Crippen molar-refractivity contribution in [2.45, 2.75) is 37.6 Å². The third-order valence-electron chi connectivity index (χ3n) is 5.10. The molecule has 1 amide bonds. The van der Waals surface area contributed by atoms with Gasteiger partial charge in [0.05, 0.1) is 0 Å². The third kappa shape index (κ3) is 2.91. The van der Waals surface area contributed by atoms with Gasteiger partial charge in [-0.15, -0.1) is 0 Å². The van der Waals surface area contributed by atoms with Gasteiger partial charge in [0.15, 0.2) is 0 Å². The number of alkyl carbamates (subject to hydrolysis) is 1. The monoisotopic (exact) mass is 320 g/mol. The van der Waals surface area contributed by atoms with Crippen LogP contribution in [0.5, 0.6) is 0 Å². The molecule has 0 bridgehead atoms. The maximum Gasteiger partial charge on any atom is 0.407 e. The normalized spacial score (nSPS) is 17.2. The zero-order valence-corrected chi connectivity index (χ0v) is 13.7. The van der Waals surface area contributed by atoms with E-state index in [1.165, 1.54) is 22.3 Å². The fraction of sp³-hybridized carbons (Fsp3) is 0.333. The molecule has 24 heavy (non-hydrogen) atoms. The van der Waals surface area contributed by atoms with Crippen LogP contribution in [0, 0.1) is 6.42 Å². The van der Waals surface area contributed by atoms with E-state index in [-0.39, 0.29) is 18.1 Å². The van der Waals surface area contributed by atoms with Gasteiger partial charge < -0.3 is 10.1 Å². The molecule has 1 N–H and O–H groups in total. The standard InChI is InChI=1S/C21H22NO2/c23-21(22-15-8-2-1-3-9-15)24-14-20-18-12-6-4-10-16(18)17-11-5-7-13-19(17)20/h1,4-7,10-13,15,20H,2-3,8-9,14H2,(H,22,23). The second-order valence-corrected chi connectivity index (χ2v) is 6.61. The number of benzene rings is 2. The number of amides is 1. The van der Waals surface area contributed by atoms with E-state index < -0.39 is 0 Å². The van der Waals surface area contributed by atoms with Gasteiger partial charge in [0.25, 0.3) is 0 Å². The van der Waals surface area contributed by atoms with Crippen LogP contribution in [0.15, 0.2) is 48.5 Å². The number of hydrogen-bond donors (Lipinski definition) is 1. The molecule has 2 aliphatic rings. The first-order valence-electron chi connectivity index (χ1n) is 8.76. The largest absolute Gasteiger partial charge is 0.449 e. The maximum absolute atomic E-state index is 12.1. The van der Waals surface area contributed by atoms with Crippen LogP contribution >= 0.6 is 0 Å². The molecule has 2 aliphatic carbocycles. The number of fused-ring (bicyclic) bond motifs is 3. The summed E-state index contributed by atoms with van der Waals surface area (Å²) in [5, 5.41) is 3.01. The fourth-order valence-corrected chi connectivity index (χ4v) is 3.88. The Morgan fingerprint density at radius 1 is 0.958 bits per heavy atom. The van der Waals surface area contributed by atoms with Crippen molar-refractivity contribution in [2.75, 3.05) is 6.61 Å². The van der Waals surface area contributed by atoms with Gasteiger partial charge in [-0.05, 0) is 54.4 Å².